The number of nitrogens with zero attached hydrogens (tertiary/aromatic N) is 2. The summed E-state index contributed by atoms with van der Waals surface area (Å²) in [5, 5.41) is 15.2. The van der Waals surface area contributed by atoms with E-state index < -0.39 is 12.1 Å². The van der Waals surface area contributed by atoms with Crippen LogP contribution in [0.2, 0.25) is 0 Å². The van der Waals surface area contributed by atoms with E-state index in [0.29, 0.717) is 24.5 Å². The highest BCUT2D eigenvalue weighted by molar-refractivity contribution is 7.19. The van der Waals surface area contributed by atoms with Gasteiger partial charge in [-0.05, 0) is 43.4 Å². The Balaban J connectivity index is 1.43. The number of hydrogen-bond acceptors (Lipinski definition) is 5. The number of likely N-dealkylation sites (tertiary alicyclic amines) is 1. The van der Waals surface area contributed by atoms with E-state index >= 15 is 0 Å². The first-order valence-corrected chi connectivity index (χ1v) is 10.0. The standard InChI is InChI=1S/C19H20N4O4S/c24-16(11-6-7-11)21-13-4-1-3-12(9-13)15-10-20-18(28-15)22-17(25)14-5-2-8-23(14)19(26)27/h1,3-4,9-11,14H,2,5-8H2,(H,21,24)(H,26,27)(H,20,22,25). The van der Waals surface area contributed by atoms with Crippen molar-refractivity contribution in [3.8, 4) is 10.4 Å². The first-order chi connectivity index (χ1) is 13.5. The molecule has 28 heavy (non-hydrogen) atoms. The van der Waals surface area contributed by atoms with Gasteiger partial charge in [0.25, 0.3) is 0 Å². The molecule has 4 rings (SSSR count). The van der Waals surface area contributed by atoms with Crippen LogP contribution in [0, 0.1) is 5.92 Å². The van der Waals surface area contributed by atoms with Crippen LogP contribution >= 0.6 is 11.3 Å². The zero-order valence-corrected chi connectivity index (χ0v) is 15.9. The van der Waals surface area contributed by atoms with Crippen LogP contribution in [0.25, 0.3) is 10.4 Å². The Hall–Kier alpha value is -2.94. The lowest BCUT2D eigenvalue weighted by atomic mass is 10.2. The fraction of sp³-hybridized carbons (Fsp3) is 0.368. The Morgan fingerprint density at radius 1 is 1.14 bits per heavy atom. The summed E-state index contributed by atoms with van der Waals surface area (Å²) in [5.74, 6) is -0.171. The second-order valence-corrected chi connectivity index (χ2v) is 8.03. The Morgan fingerprint density at radius 2 is 1.96 bits per heavy atom. The molecule has 146 valence electrons. The fourth-order valence-corrected chi connectivity index (χ4v) is 4.08. The fourth-order valence-electron chi connectivity index (χ4n) is 3.26. The number of thiazole rings is 1. The lowest BCUT2D eigenvalue weighted by molar-refractivity contribution is -0.120. The number of benzene rings is 1. The van der Waals surface area contributed by atoms with E-state index in [9.17, 15) is 19.5 Å². The second-order valence-electron chi connectivity index (χ2n) is 7.00. The highest BCUT2D eigenvalue weighted by Gasteiger charge is 2.34. The average Bonchev–Trinajstić information content (AvgIpc) is 3.22. The van der Waals surface area contributed by atoms with Gasteiger partial charge in [-0.15, -0.1) is 0 Å². The molecule has 1 saturated heterocycles. The molecule has 1 aliphatic heterocycles. The summed E-state index contributed by atoms with van der Waals surface area (Å²) in [6, 6.07) is 6.82. The molecule has 1 saturated carbocycles. The molecule has 0 bridgehead atoms. The zero-order valence-electron chi connectivity index (χ0n) is 15.1. The van der Waals surface area contributed by atoms with Gasteiger partial charge in [-0.25, -0.2) is 9.78 Å². The van der Waals surface area contributed by atoms with E-state index in [1.54, 1.807) is 6.20 Å². The maximum absolute atomic E-state index is 12.4. The highest BCUT2D eigenvalue weighted by Crippen LogP contribution is 2.33. The summed E-state index contributed by atoms with van der Waals surface area (Å²) in [7, 11) is 0. The van der Waals surface area contributed by atoms with E-state index in [2.05, 4.69) is 15.6 Å². The molecule has 1 aromatic heterocycles. The van der Waals surface area contributed by atoms with Crippen molar-refractivity contribution in [2.45, 2.75) is 31.7 Å². The second kappa shape index (κ2) is 7.59. The molecule has 1 unspecified atom stereocenters. The van der Waals surface area contributed by atoms with Crippen molar-refractivity contribution in [1.82, 2.24) is 9.88 Å². The minimum absolute atomic E-state index is 0.0500. The van der Waals surface area contributed by atoms with Crippen LogP contribution in [-0.4, -0.2) is 45.5 Å². The molecule has 8 nitrogen and oxygen atoms in total. The molecular formula is C19H20N4O4S. The number of nitrogens with one attached hydrogen (secondary N) is 2. The molecule has 9 heteroatoms. The third kappa shape index (κ3) is 3.99. The van der Waals surface area contributed by atoms with E-state index in [1.807, 2.05) is 24.3 Å². The number of anilines is 2. The van der Waals surface area contributed by atoms with Crippen molar-refractivity contribution >= 4 is 40.1 Å². The predicted molar refractivity (Wildman–Crippen MR) is 105 cm³/mol. The Labute approximate surface area is 165 Å². The van der Waals surface area contributed by atoms with Gasteiger partial charge in [0.2, 0.25) is 11.8 Å². The number of rotatable bonds is 5. The summed E-state index contributed by atoms with van der Waals surface area (Å²) in [5.41, 5.74) is 1.62. The number of carbonyl (C=O) groups is 3. The van der Waals surface area contributed by atoms with Crippen molar-refractivity contribution < 1.29 is 19.5 Å². The van der Waals surface area contributed by atoms with Crippen LogP contribution < -0.4 is 10.6 Å². The Morgan fingerprint density at radius 3 is 2.71 bits per heavy atom. The summed E-state index contributed by atoms with van der Waals surface area (Å²) in [4.78, 5) is 41.8. The number of carboxylic acid groups (broad SMARTS) is 1. The van der Waals surface area contributed by atoms with Gasteiger partial charge in [0.1, 0.15) is 6.04 Å². The Bertz CT molecular complexity index is 924. The van der Waals surface area contributed by atoms with Crippen LogP contribution in [0.4, 0.5) is 15.6 Å². The van der Waals surface area contributed by atoms with E-state index in [4.69, 9.17) is 0 Å². The summed E-state index contributed by atoms with van der Waals surface area (Å²) in [6.07, 6.45) is 3.66. The summed E-state index contributed by atoms with van der Waals surface area (Å²) < 4.78 is 0. The Kier molecular flexibility index (Phi) is 4.99. The van der Waals surface area contributed by atoms with Crippen molar-refractivity contribution in [3.05, 3.63) is 30.5 Å². The van der Waals surface area contributed by atoms with Gasteiger partial charge in [-0.3, -0.25) is 14.5 Å². The molecule has 2 fully saturated rings. The smallest absolute Gasteiger partial charge is 0.407 e. The lowest BCUT2D eigenvalue weighted by Crippen LogP contribution is -2.42. The van der Waals surface area contributed by atoms with Crippen molar-refractivity contribution in [2.75, 3.05) is 17.2 Å². The van der Waals surface area contributed by atoms with Crippen LogP contribution in [0.1, 0.15) is 25.7 Å². The van der Waals surface area contributed by atoms with E-state index in [-0.39, 0.29) is 17.7 Å². The topological polar surface area (TPSA) is 112 Å². The highest BCUT2D eigenvalue weighted by atomic mass is 32.1. The summed E-state index contributed by atoms with van der Waals surface area (Å²) >= 11 is 1.31. The zero-order chi connectivity index (χ0) is 19.7. The maximum atomic E-state index is 12.4. The molecule has 3 N–H and O–H groups in total. The minimum Gasteiger partial charge on any atom is -0.465 e. The first-order valence-electron chi connectivity index (χ1n) is 9.19. The number of aromatic nitrogens is 1. The minimum atomic E-state index is -1.08. The van der Waals surface area contributed by atoms with Gasteiger partial charge in [0.05, 0.1) is 4.88 Å². The van der Waals surface area contributed by atoms with Crippen LogP contribution in [-0.2, 0) is 9.59 Å². The lowest BCUT2D eigenvalue weighted by Gasteiger charge is -2.19. The maximum Gasteiger partial charge on any atom is 0.407 e. The van der Waals surface area contributed by atoms with Gasteiger partial charge in [0.15, 0.2) is 5.13 Å². The summed E-state index contributed by atoms with van der Waals surface area (Å²) in [6.45, 7) is 0.371. The molecule has 2 aliphatic rings. The number of carbonyl (C=O) groups excluding carboxylic acids is 2. The van der Waals surface area contributed by atoms with Crippen molar-refractivity contribution in [3.63, 3.8) is 0 Å². The van der Waals surface area contributed by atoms with E-state index in [1.165, 1.54) is 11.3 Å². The SMILES string of the molecule is O=C(Nc1cccc(-c2cnc(NC(=O)C3CCCN3C(=O)O)s2)c1)C1CC1. The molecular weight excluding hydrogens is 380 g/mol. The molecule has 1 atom stereocenters. The quantitative estimate of drug-likeness (QED) is 0.713. The van der Waals surface area contributed by atoms with Gasteiger partial charge < -0.3 is 15.7 Å². The number of amides is 3. The van der Waals surface area contributed by atoms with Crippen molar-refractivity contribution in [1.29, 1.82) is 0 Å². The monoisotopic (exact) mass is 400 g/mol. The van der Waals surface area contributed by atoms with Gasteiger partial charge in [-0.2, -0.15) is 0 Å². The normalized spacial score (nSPS) is 18.7. The third-order valence-electron chi connectivity index (χ3n) is 4.90. The van der Waals surface area contributed by atoms with Gasteiger partial charge in [-0.1, -0.05) is 23.5 Å². The molecule has 3 amide bonds. The predicted octanol–water partition coefficient (Wildman–Crippen LogP) is 3.24. The molecule has 1 aromatic carbocycles. The molecule has 2 heterocycles. The molecule has 1 aliphatic carbocycles. The average molecular weight is 400 g/mol. The van der Waals surface area contributed by atoms with E-state index in [0.717, 1.165) is 33.9 Å². The number of hydrogen-bond donors (Lipinski definition) is 3. The van der Waals surface area contributed by atoms with Gasteiger partial charge >= 0.3 is 6.09 Å². The van der Waals surface area contributed by atoms with Crippen LogP contribution in [0.5, 0.6) is 0 Å². The first kappa shape index (κ1) is 18.4. The van der Waals surface area contributed by atoms with Crippen molar-refractivity contribution in [2.24, 2.45) is 5.92 Å². The van der Waals surface area contributed by atoms with Crippen LogP contribution in [0.15, 0.2) is 30.5 Å². The van der Waals surface area contributed by atoms with Crippen LogP contribution in [0.3, 0.4) is 0 Å². The molecule has 0 spiro atoms. The van der Waals surface area contributed by atoms with Gasteiger partial charge in [0, 0.05) is 24.3 Å². The third-order valence-corrected chi connectivity index (χ3v) is 5.86. The molecule has 2 aromatic rings. The largest absolute Gasteiger partial charge is 0.465 e. The molecule has 0 radical (unpaired) electrons.